The molecule has 0 aromatic heterocycles. The number of amides is 4. The first kappa shape index (κ1) is 19.4. The van der Waals surface area contributed by atoms with Gasteiger partial charge in [0.1, 0.15) is 12.1 Å². The van der Waals surface area contributed by atoms with Gasteiger partial charge in [-0.05, 0) is 54.9 Å². The number of urea groups is 1. The van der Waals surface area contributed by atoms with Gasteiger partial charge in [-0.2, -0.15) is 0 Å². The van der Waals surface area contributed by atoms with E-state index in [1.807, 2.05) is 42.5 Å². The quantitative estimate of drug-likeness (QED) is 0.783. The summed E-state index contributed by atoms with van der Waals surface area (Å²) in [5, 5.41) is 7.71. The molecule has 6 heteroatoms. The lowest BCUT2D eigenvalue weighted by Gasteiger charge is -2.27. The highest BCUT2D eigenvalue weighted by Gasteiger charge is 2.50. The van der Waals surface area contributed by atoms with Crippen molar-refractivity contribution in [1.82, 2.24) is 15.5 Å². The summed E-state index contributed by atoms with van der Waals surface area (Å²) in [5.41, 5.74) is -0.462. The van der Waals surface area contributed by atoms with Crippen molar-refractivity contribution in [2.45, 2.75) is 51.1 Å². The minimum absolute atomic E-state index is 0.129. The Kier molecular flexibility index (Phi) is 5.03. The van der Waals surface area contributed by atoms with Gasteiger partial charge < -0.3 is 10.6 Å². The van der Waals surface area contributed by atoms with Crippen LogP contribution in [0.5, 0.6) is 0 Å². The number of hydrogen-bond acceptors (Lipinski definition) is 3. The molecule has 2 N–H and O–H groups in total. The van der Waals surface area contributed by atoms with E-state index in [0.29, 0.717) is 5.92 Å². The van der Waals surface area contributed by atoms with Gasteiger partial charge in [-0.25, -0.2) is 4.79 Å². The third kappa shape index (κ3) is 3.59. The molecule has 1 saturated carbocycles. The molecule has 0 bridgehead atoms. The molecule has 0 spiro atoms. The SMILES string of the molecule is CC1CCC(NC(=O)CN2C(=O)N[C@@](C)(c3cccc4ccccc34)C2=O)CC1. The lowest BCUT2D eigenvalue weighted by molar-refractivity contribution is -0.135. The summed E-state index contributed by atoms with van der Waals surface area (Å²) in [4.78, 5) is 39.4. The van der Waals surface area contributed by atoms with Gasteiger partial charge in [-0.15, -0.1) is 0 Å². The number of carbonyl (C=O) groups is 3. The summed E-state index contributed by atoms with van der Waals surface area (Å²) in [6.07, 6.45) is 4.07. The second-order valence-corrected chi connectivity index (χ2v) is 8.50. The maximum absolute atomic E-state index is 13.2. The Morgan fingerprint density at radius 1 is 1.10 bits per heavy atom. The first-order valence-corrected chi connectivity index (χ1v) is 10.3. The molecule has 2 aromatic rings. The molecule has 152 valence electrons. The van der Waals surface area contributed by atoms with Gasteiger partial charge in [0.15, 0.2) is 0 Å². The smallest absolute Gasteiger partial charge is 0.325 e. The van der Waals surface area contributed by atoms with Gasteiger partial charge in [0.25, 0.3) is 5.91 Å². The van der Waals surface area contributed by atoms with Crippen molar-refractivity contribution in [2.24, 2.45) is 5.92 Å². The van der Waals surface area contributed by atoms with Gasteiger partial charge in [0, 0.05) is 6.04 Å². The number of imide groups is 1. The van der Waals surface area contributed by atoms with Crippen LogP contribution >= 0.6 is 0 Å². The Morgan fingerprint density at radius 2 is 1.79 bits per heavy atom. The summed E-state index contributed by atoms with van der Waals surface area (Å²) in [5.74, 6) is 0.0111. The fourth-order valence-electron chi connectivity index (χ4n) is 4.51. The Hall–Kier alpha value is -2.89. The Morgan fingerprint density at radius 3 is 2.55 bits per heavy atom. The fraction of sp³-hybridized carbons (Fsp3) is 0.435. The predicted molar refractivity (Wildman–Crippen MR) is 111 cm³/mol. The number of nitrogens with zero attached hydrogens (tertiary/aromatic N) is 1. The van der Waals surface area contributed by atoms with Crippen molar-refractivity contribution < 1.29 is 14.4 Å². The van der Waals surface area contributed by atoms with Crippen LogP contribution < -0.4 is 10.6 Å². The van der Waals surface area contributed by atoms with Gasteiger partial charge >= 0.3 is 6.03 Å². The van der Waals surface area contributed by atoms with Crippen LogP contribution in [0.2, 0.25) is 0 Å². The van der Waals surface area contributed by atoms with Crippen LogP contribution in [-0.2, 0) is 15.1 Å². The standard InChI is InChI=1S/C23H27N3O3/c1-15-10-12-17(13-11-15)24-20(27)14-26-21(28)23(2,25-22(26)29)19-9-5-7-16-6-3-4-8-18(16)19/h3-9,15,17H,10-14H2,1-2H3,(H,24,27)(H,25,29)/t15?,17?,23-/m0/s1. The maximum atomic E-state index is 13.2. The molecule has 1 aliphatic carbocycles. The Labute approximate surface area is 170 Å². The van der Waals surface area contributed by atoms with Crippen molar-refractivity contribution in [3.8, 4) is 0 Å². The zero-order valence-electron chi connectivity index (χ0n) is 16.9. The Bertz CT molecular complexity index is 959. The first-order chi connectivity index (χ1) is 13.9. The molecular formula is C23H27N3O3. The molecule has 1 aliphatic heterocycles. The highest BCUT2D eigenvalue weighted by molar-refractivity contribution is 6.10. The summed E-state index contributed by atoms with van der Waals surface area (Å²) < 4.78 is 0. The largest absolute Gasteiger partial charge is 0.352 e. The van der Waals surface area contributed by atoms with E-state index in [1.165, 1.54) is 0 Å². The summed E-state index contributed by atoms with van der Waals surface area (Å²) in [6.45, 7) is 3.67. The summed E-state index contributed by atoms with van der Waals surface area (Å²) in [7, 11) is 0. The topological polar surface area (TPSA) is 78.5 Å². The van der Waals surface area contributed by atoms with E-state index in [2.05, 4.69) is 17.6 Å². The minimum atomic E-state index is -1.20. The molecule has 0 radical (unpaired) electrons. The average Bonchev–Trinajstić information content (AvgIpc) is 2.93. The molecule has 4 rings (SSSR count). The van der Waals surface area contributed by atoms with Crippen LogP contribution in [0.1, 0.15) is 45.1 Å². The minimum Gasteiger partial charge on any atom is -0.352 e. The van der Waals surface area contributed by atoms with Crippen molar-refractivity contribution in [3.05, 3.63) is 48.0 Å². The van der Waals surface area contributed by atoms with Crippen LogP contribution in [-0.4, -0.2) is 35.3 Å². The van der Waals surface area contributed by atoms with E-state index in [4.69, 9.17) is 0 Å². The molecule has 6 nitrogen and oxygen atoms in total. The molecule has 29 heavy (non-hydrogen) atoms. The molecule has 2 fully saturated rings. The maximum Gasteiger partial charge on any atom is 0.325 e. The zero-order valence-corrected chi connectivity index (χ0v) is 16.9. The second-order valence-electron chi connectivity index (χ2n) is 8.50. The van der Waals surface area contributed by atoms with Crippen LogP contribution in [0.15, 0.2) is 42.5 Å². The number of fused-ring (bicyclic) bond motifs is 1. The summed E-state index contributed by atoms with van der Waals surface area (Å²) >= 11 is 0. The molecule has 1 heterocycles. The Balaban J connectivity index is 1.51. The molecule has 1 atom stereocenters. The van der Waals surface area contributed by atoms with Crippen molar-refractivity contribution in [3.63, 3.8) is 0 Å². The highest BCUT2D eigenvalue weighted by Crippen LogP contribution is 2.33. The molecule has 0 unspecified atom stereocenters. The zero-order chi connectivity index (χ0) is 20.6. The lowest BCUT2D eigenvalue weighted by Crippen LogP contribution is -2.46. The molecule has 4 amide bonds. The van der Waals surface area contributed by atoms with Crippen molar-refractivity contribution in [1.29, 1.82) is 0 Å². The van der Waals surface area contributed by atoms with Crippen LogP contribution in [0.3, 0.4) is 0 Å². The van der Waals surface area contributed by atoms with Crippen molar-refractivity contribution in [2.75, 3.05) is 6.54 Å². The van der Waals surface area contributed by atoms with E-state index in [9.17, 15) is 14.4 Å². The predicted octanol–water partition coefficient (Wildman–Crippen LogP) is 3.30. The van der Waals surface area contributed by atoms with E-state index in [1.54, 1.807) is 6.92 Å². The average molecular weight is 393 g/mol. The second kappa shape index (κ2) is 7.50. The van der Waals surface area contributed by atoms with Crippen LogP contribution in [0.25, 0.3) is 10.8 Å². The normalized spacial score (nSPS) is 27.2. The summed E-state index contributed by atoms with van der Waals surface area (Å²) in [6, 6.07) is 13.1. The highest BCUT2D eigenvalue weighted by atomic mass is 16.2. The lowest BCUT2D eigenvalue weighted by atomic mass is 9.87. The third-order valence-corrected chi connectivity index (χ3v) is 6.29. The van der Waals surface area contributed by atoms with E-state index in [0.717, 1.165) is 46.9 Å². The van der Waals surface area contributed by atoms with Crippen LogP contribution in [0.4, 0.5) is 4.79 Å². The molecular weight excluding hydrogens is 366 g/mol. The first-order valence-electron chi connectivity index (χ1n) is 10.3. The fourth-order valence-corrected chi connectivity index (χ4v) is 4.51. The molecule has 2 aromatic carbocycles. The van der Waals surface area contributed by atoms with Crippen molar-refractivity contribution >= 4 is 28.6 Å². The van der Waals surface area contributed by atoms with Gasteiger partial charge in [0.05, 0.1) is 0 Å². The number of carbonyl (C=O) groups excluding carboxylic acids is 3. The number of benzene rings is 2. The molecule has 2 aliphatic rings. The van der Waals surface area contributed by atoms with Crippen LogP contribution in [0, 0.1) is 5.92 Å². The third-order valence-electron chi connectivity index (χ3n) is 6.29. The molecule has 1 saturated heterocycles. The van der Waals surface area contributed by atoms with E-state index < -0.39 is 17.5 Å². The number of hydrogen-bond donors (Lipinski definition) is 2. The monoisotopic (exact) mass is 393 g/mol. The number of nitrogens with one attached hydrogen (secondary N) is 2. The van der Waals surface area contributed by atoms with Gasteiger partial charge in [-0.3, -0.25) is 14.5 Å². The number of rotatable bonds is 4. The van der Waals surface area contributed by atoms with E-state index >= 15 is 0 Å². The van der Waals surface area contributed by atoms with Gasteiger partial charge in [-0.1, -0.05) is 49.4 Å². The van der Waals surface area contributed by atoms with E-state index in [-0.39, 0.29) is 18.5 Å². The van der Waals surface area contributed by atoms with Gasteiger partial charge in [0.2, 0.25) is 5.91 Å².